The van der Waals surface area contributed by atoms with Crippen LogP contribution in [0.25, 0.3) is 0 Å². The van der Waals surface area contributed by atoms with Gasteiger partial charge in [-0.15, -0.1) is 0 Å². The summed E-state index contributed by atoms with van der Waals surface area (Å²) >= 11 is 11.5. The van der Waals surface area contributed by atoms with Crippen LogP contribution in [0.15, 0.2) is 0 Å². The number of aliphatic hydroxyl groups excluding tert-OH is 1. The van der Waals surface area contributed by atoms with Crippen LogP contribution in [0.5, 0.6) is 0 Å². The SMILES string of the molecule is CC1(C)O[C@@H]2[C@H](O1)[C@@H](O)C[C@H]2Nc1nc(Cl)nc(Cl)c1[N+](=O)[O-]. The van der Waals surface area contributed by atoms with Crippen molar-refractivity contribution < 1.29 is 19.5 Å². The van der Waals surface area contributed by atoms with E-state index >= 15 is 0 Å². The fourth-order valence-electron chi connectivity index (χ4n) is 2.94. The quantitative estimate of drug-likeness (QED) is 0.360. The summed E-state index contributed by atoms with van der Waals surface area (Å²) < 4.78 is 11.4. The molecule has 0 amide bonds. The van der Waals surface area contributed by atoms with Gasteiger partial charge in [0, 0.05) is 0 Å². The summed E-state index contributed by atoms with van der Waals surface area (Å²) in [5, 5.41) is 23.6. The van der Waals surface area contributed by atoms with Crippen molar-refractivity contribution in [2.45, 2.75) is 50.4 Å². The highest BCUT2D eigenvalue weighted by molar-refractivity contribution is 6.33. The van der Waals surface area contributed by atoms with Gasteiger partial charge in [0.2, 0.25) is 16.3 Å². The number of hydrogen-bond donors (Lipinski definition) is 2. The lowest BCUT2D eigenvalue weighted by Gasteiger charge is -2.23. The lowest BCUT2D eigenvalue weighted by Crippen LogP contribution is -2.35. The van der Waals surface area contributed by atoms with Crippen LogP contribution in [-0.2, 0) is 9.47 Å². The fourth-order valence-corrected chi connectivity index (χ4v) is 3.39. The topological polar surface area (TPSA) is 120 Å². The van der Waals surface area contributed by atoms with Gasteiger partial charge in [-0.25, -0.2) is 0 Å². The Hall–Kier alpha value is -1.26. The van der Waals surface area contributed by atoms with E-state index in [0.29, 0.717) is 0 Å². The van der Waals surface area contributed by atoms with Gasteiger partial charge in [-0.3, -0.25) is 10.1 Å². The van der Waals surface area contributed by atoms with Gasteiger partial charge in [-0.05, 0) is 31.9 Å². The van der Waals surface area contributed by atoms with Gasteiger partial charge < -0.3 is 19.9 Å². The molecule has 0 aromatic carbocycles. The molecule has 4 atom stereocenters. The minimum atomic E-state index is -0.844. The molecule has 0 bridgehead atoms. The van der Waals surface area contributed by atoms with Crippen LogP contribution in [0.2, 0.25) is 10.4 Å². The van der Waals surface area contributed by atoms with E-state index in [1.165, 1.54) is 0 Å². The molecule has 0 radical (unpaired) electrons. The number of rotatable bonds is 3. The van der Waals surface area contributed by atoms with Crippen LogP contribution in [0.1, 0.15) is 20.3 Å². The minimum Gasteiger partial charge on any atom is -0.390 e. The smallest absolute Gasteiger partial charge is 0.348 e. The molecule has 1 saturated heterocycles. The van der Waals surface area contributed by atoms with Crippen molar-refractivity contribution in [2.75, 3.05) is 5.32 Å². The molecule has 2 fully saturated rings. The first-order valence-electron chi connectivity index (χ1n) is 6.85. The molecule has 1 aliphatic carbocycles. The number of aromatic nitrogens is 2. The number of halogens is 2. The van der Waals surface area contributed by atoms with Crippen molar-refractivity contribution in [3.8, 4) is 0 Å². The molecule has 1 aromatic heterocycles. The summed E-state index contributed by atoms with van der Waals surface area (Å²) in [6, 6.07) is -0.447. The molecule has 0 spiro atoms. The lowest BCUT2D eigenvalue weighted by molar-refractivity contribution is -0.384. The summed E-state index contributed by atoms with van der Waals surface area (Å²) in [5.74, 6) is -0.963. The van der Waals surface area contributed by atoms with Crippen LogP contribution < -0.4 is 5.32 Å². The van der Waals surface area contributed by atoms with Crippen LogP contribution >= 0.6 is 23.2 Å². The fraction of sp³-hybridized carbons (Fsp3) is 0.667. The molecule has 0 unspecified atom stereocenters. The summed E-state index contributed by atoms with van der Waals surface area (Å²) in [7, 11) is 0. The normalized spacial score (nSPS) is 31.9. The maximum Gasteiger partial charge on any atom is 0.348 e. The first-order chi connectivity index (χ1) is 10.7. The van der Waals surface area contributed by atoms with E-state index in [1.54, 1.807) is 13.8 Å². The molecular weight excluding hydrogens is 351 g/mol. The number of nitrogens with one attached hydrogen (secondary N) is 1. The van der Waals surface area contributed by atoms with E-state index < -0.39 is 40.8 Å². The monoisotopic (exact) mass is 364 g/mol. The van der Waals surface area contributed by atoms with E-state index in [9.17, 15) is 15.2 Å². The Balaban J connectivity index is 1.89. The number of anilines is 1. The highest BCUT2D eigenvalue weighted by atomic mass is 35.5. The number of nitrogens with zero attached hydrogens (tertiary/aromatic N) is 3. The van der Waals surface area contributed by atoms with Gasteiger partial charge in [0.05, 0.1) is 17.1 Å². The second-order valence-corrected chi connectivity index (χ2v) is 6.55. The van der Waals surface area contributed by atoms with Crippen LogP contribution in [0.4, 0.5) is 11.5 Å². The zero-order valence-corrected chi connectivity index (χ0v) is 13.7. The van der Waals surface area contributed by atoms with E-state index in [-0.39, 0.29) is 22.7 Å². The molecular formula is C12H14Cl2N4O5. The number of fused-ring (bicyclic) bond motifs is 1. The maximum atomic E-state index is 11.2. The summed E-state index contributed by atoms with van der Waals surface area (Å²) in [6.07, 6.45) is -1.48. The molecule has 1 saturated carbocycles. The Kier molecular flexibility index (Phi) is 4.09. The standard InChI is InChI=1S/C12H14Cl2N4O5/c1-12(2)22-7-4(3-5(19)8(7)23-12)15-10-6(18(20)21)9(13)16-11(14)17-10/h4-5,7-8,19H,3H2,1-2H3,(H,15,16,17)/t4-,5+,7+,8-/m1/s1. The van der Waals surface area contributed by atoms with Crippen molar-refractivity contribution in [3.05, 3.63) is 20.6 Å². The molecule has 1 aromatic rings. The van der Waals surface area contributed by atoms with Crippen LogP contribution in [0.3, 0.4) is 0 Å². The number of hydrogen-bond acceptors (Lipinski definition) is 8. The summed E-state index contributed by atoms with van der Waals surface area (Å²) in [5.41, 5.74) is -0.479. The molecule has 2 N–H and O–H groups in total. The largest absolute Gasteiger partial charge is 0.390 e. The molecule has 1 aliphatic heterocycles. The highest BCUT2D eigenvalue weighted by Crippen LogP contribution is 2.40. The van der Waals surface area contributed by atoms with E-state index in [4.69, 9.17) is 32.7 Å². The molecule has 126 valence electrons. The molecule has 11 heteroatoms. The number of ether oxygens (including phenoxy) is 2. The average Bonchev–Trinajstić information content (AvgIpc) is 2.84. The van der Waals surface area contributed by atoms with Gasteiger partial charge in [0.15, 0.2) is 5.79 Å². The van der Waals surface area contributed by atoms with Crippen molar-refractivity contribution in [2.24, 2.45) is 0 Å². The molecule has 9 nitrogen and oxygen atoms in total. The summed E-state index contributed by atoms with van der Waals surface area (Å²) in [6.45, 7) is 3.46. The second-order valence-electron chi connectivity index (χ2n) is 5.86. The van der Waals surface area contributed by atoms with Crippen molar-refractivity contribution in [1.82, 2.24) is 9.97 Å². The van der Waals surface area contributed by atoms with E-state index in [0.717, 1.165) is 0 Å². The molecule has 2 aliphatic rings. The third-order valence-corrected chi connectivity index (χ3v) is 4.19. The zero-order valence-electron chi connectivity index (χ0n) is 12.2. The Morgan fingerprint density at radius 2 is 2.00 bits per heavy atom. The number of nitro groups is 1. The van der Waals surface area contributed by atoms with E-state index in [1.807, 2.05) is 0 Å². The predicted octanol–water partition coefficient (Wildman–Crippen LogP) is 1.76. The molecule has 23 heavy (non-hydrogen) atoms. The van der Waals surface area contributed by atoms with Crippen molar-refractivity contribution in [3.63, 3.8) is 0 Å². The van der Waals surface area contributed by atoms with Gasteiger partial charge >= 0.3 is 5.69 Å². The maximum absolute atomic E-state index is 11.2. The predicted molar refractivity (Wildman–Crippen MR) is 80.6 cm³/mol. The Bertz CT molecular complexity index is 659. The van der Waals surface area contributed by atoms with Gasteiger partial charge in [-0.1, -0.05) is 11.6 Å². The van der Waals surface area contributed by atoms with Crippen LogP contribution in [0, 0.1) is 10.1 Å². The molecule has 3 rings (SSSR count). The Morgan fingerprint density at radius 1 is 1.35 bits per heavy atom. The van der Waals surface area contributed by atoms with Gasteiger partial charge in [0.25, 0.3) is 0 Å². The third-order valence-electron chi connectivity index (χ3n) is 3.75. The zero-order chi connectivity index (χ0) is 16.9. The minimum absolute atomic E-state index is 0.119. The number of aliphatic hydroxyl groups is 1. The van der Waals surface area contributed by atoms with E-state index in [2.05, 4.69) is 15.3 Å². The Labute approximate surface area is 141 Å². The van der Waals surface area contributed by atoms with Gasteiger partial charge in [0.1, 0.15) is 12.2 Å². The highest BCUT2D eigenvalue weighted by Gasteiger charge is 2.54. The third kappa shape index (κ3) is 3.07. The average molecular weight is 365 g/mol. The van der Waals surface area contributed by atoms with Gasteiger partial charge in [-0.2, -0.15) is 9.97 Å². The van der Waals surface area contributed by atoms with Crippen LogP contribution in [-0.4, -0.2) is 50.1 Å². The Morgan fingerprint density at radius 3 is 2.65 bits per heavy atom. The van der Waals surface area contributed by atoms with Crippen molar-refractivity contribution >= 4 is 34.7 Å². The lowest BCUT2D eigenvalue weighted by atomic mass is 10.2. The second kappa shape index (κ2) is 5.67. The first kappa shape index (κ1) is 16.6. The van der Waals surface area contributed by atoms with Crippen molar-refractivity contribution in [1.29, 1.82) is 0 Å². The summed E-state index contributed by atoms with van der Waals surface area (Å²) in [4.78, 5) is 17.9. The molecule has 2 heterocycles. The first-order valence-corrected chi connectivity index (χ1v) is 7.61.